The minimum Gasteiger partial charge on any atom is -0.479 e. The van der Waals surface area contributed by atoms with Crippen molar-refractivity contribution in [3.05, 3.63) is 22.7 Å². The Morgan fingerprint density at radius 2 is 1.89 bits per heavy atom. The molecule has 2 fully saturated rings. The first-order valence-electron chi connectivity index (χ1n) is 12.9. The molecule has 2 aliphatic heterocycles. The van der Waals surface area contributed by atoms with Gasteiger partial charge in [0.05, 0.1) is 49.9 Å². The number of carbonyl (C=O) groups is 1. The number of rotatable bonds is 7. The largest absolute Gasteiger partial charge is 0.479 e. The van der Waals surface area contributed by atoms with Crippen LogP contribution in [0.25, 0.3) is 21.5 Å². The summed E-state index contributed by atoms with van der Waals surface area (Å²) in [6, 6.07) is 1.92. The fourth-order valence-electron chi connectivity index (χ4n) is 4.50. The average molecular weight is 544 g/mol. The number of carbonyl (C=O) groups excluding carboxylic acids is 1. The van der Waals surface area contributed by atoms with Gasteiger partial charge in [-0.1, -0.05) is 13.8 Å². The second-order valence-corrected chi connectivity index (χ2v) is 10.1. The smallest absolute Gasteiger partial charge is 0.239 e. The molecule has 3 aromatic rings. The van der Waals surface area contributed by atoms with Crippen LogP contribution >= 0.6 is 11.3 Å². The van der Waals surface area contributed by atoms with Crippen LogP contribution in [-0.2, 0) is 20.9 Å². The van der Waals surface area contributed by atoms with Gasteiger partial charge in [0, 0.05) is 62.0 Å². The highest BCUT2D eigenvalue weighted by Gasteiger charge is 2.26. The van der Waals surface area contributed by atoms with Gasteiger partial charge in [-0.25, -0.2) is 15.0 Å². The second-order valence-electron chi connectivity index (χ2n) is 8.90. The van der Waals surface area contributed by atoms with E-state index in [1.165, 1.54) is 4.88 Å². The number of nitrogens with zero attached hydrogens (tertiary/aromatic N) is 6. The number of likely N-dealkylation sites (N-methyl/N-ethyl adjacent to an activating group) is 1. The van der Waals surface area contributed by atoms with Crippen LogP contribution in [0, 0.1) is 6.92 Å². The number of methoxy groups -OCH3 is 1. The molecule has 0 unspecified atom stereocenters. The van der Waals surface area contributed by atoms with Gasteiger partial charge in [-0.05, 0) is 13.0 Å². The molecule has 0 bridgehead atoms. The van der Waals surface area contributed by atoms with Crippen LogP contribution in [0.4, 0.5) is 11.6 Å². The number of aromatic nitrogens is 3. The van der Waals surface area contributed by atoms with Crippen molar-refractivity contribution in [2.75, 3.05) is 77.6 Å². The molecule has 0 atom stereocenters. The maximum atomic E-state index is 12.3. The molecule has 1 N–H and O–H groups in total. The van der Waals surface area contributed by atoms with Crippen LogP contribution < -0.4 is 15.1 Å². The van der Waals surface area contributed by atoms with Crippen molar-refractivity contribution in [2.45, 2.75) is 27.3 Å². The molecule has 0 spiro atoms. The summed E-state index contributed by atoms with van der Waals surface area (Å²) in [5.41, 5.74) is 7.16. The predicted molar refractivity (Wildman–Crippen MR) is 150 cm³/mol. The normalized spacial score (nSPS) is 16.4. The van der Waals surface area contributed by atoms with Gasteiger partial charge in [0.2, 0.25) is 17.7 Å². The number of amides is 1. The molecule has 1 amide bonds. The highest BCUT2D eigenvalue weighted by atomic mass is 32.1. The maximum Gasteiger partial charge on any atom is 0.239 e. The lowest BCUT2D eigenvalue weighted by molar-refractivity contribution is -0.134. The van der Waals surface area contributed by atoms with Crippen molar-refractivity contribution in [3.8, 4) is 17.1 Å². The third-order valence-electron chi connectivity index (χ3n) is 6.56. The summed E-state index contributed by atoms with van der Waals surface area (Å²) in [6.07, 6.45) is 1.76. The SMILES string of the molecule is CC.CONc1cc(-c2nc(N3CCOCC3)nc3c(CN4CCN(C)C(=O)C4)c(C)sc23)cnc1OC. The van der Waals surface area contributed by atoms with Crippen LogP contribution in [0.1, 0.15) is 24.3 Å². The summed E-state index contributed by atoms with van der Waals surface area (Å²) in [5, 5.41) is 0. The molecule has 3 aromatic heterocycles. The van der Waals surface area contributed by atoms with Crippen molar-refractivity contribution in [2.24, 2.45) is 0 Å². The number of morpholine rings is 1. The Morgan fingerprint density at radius 1 is 1.13 bits per heavy atom. The van der Waals surface area contributed by atoms with E-state index >= 15 is 0 Å². The zero-order valence-corrected chi connectivity index (χ0v) is 23.9. The molecule has 2 aliphatic rings. The van der Waals surface area contributed by atoms with E-state index in [1.54, 1.807) is 36.7 Å². The molecule has 2 saturated heterocycles. The van der Waals surface area contributed by atoms with Crippen molar-refractivity contribution >= 4 is 39.1 Å². The fourth-order valence-corrected chi connectivity index (χ4v) is 5.62. The van der Waals surface area contributed by atoms with Crippen LogP contribution in [0.15, 0.2) is 12.3 Å². The number of piperazine rings is 1. The molecular weight excluding hydrogens is 506 g/mol. The number of aryl methyl sites for hydroxylation is 1. The number of pyridine rings is 1. The first-order valence-corrected chi connectivity index (χ1v) is 13.7. The summed E-state index contributed by atoms with van der Waals surface area (Å²) < 4.78 is 11.9. The molecule has 0 radical (unpaired) electrons. The van der Waals surface area contributed by atoms with Gasteiger partial charge >= 0.3 is 0 Å². The van der Waals surface area contributed by atoms with Crippen molar-refractivity contribution in [3.63, 3.8) is 0 Å². The lowest BCUT2D eigenvalue weighted by Gasteiger charge is -2.32. The van der Waals surface area contributed by atoms with Gasteiger partial charge in [-0.15, -0.1) is 11.3 Å². The molecule has 0 aromatic carbocycles. The molecule has 0 saturated carbocycles. The first-order chi connectivity index (χ1) is 18.5. The lowest BCUT2D eigenvalue weighted by atomic mass is 10.1. The van der Waals surface area contributed by atoms with Crippen LogP contribution in [0.2, 0.25) is 0 Å². The van der Waals surface area contributed by atoms with Gasteiger partial charge < -0.3 is 19.3 Å². The van der Waals surface area contributed by atoms with Gasteiger partial charge in [0.25, 0.3) is 0 Å². The molecule has 11 nitrogen and oxygen atoms in total. The topological polar surface area (TPSA) is 105 Å². The first kappa shape index (κ1) is 28.0. The maximum absolute atomic E-state index is 12.3. The number of thiophene rings is 1. The van der Waals surface area contributed by atoms with Gasteiger partial charge in [-0.2, -0.15) is 0 Å². The summed E-state index contributed by atoms with van der Waals surface area (Å²) in [4.78, 5) is 39.3. The van der Waals surface area contributed by atoms with E-state index < -0.39 is 0 Å². The highest BCUT2D eigenvalue weighted by Crippen LogP contribution is 2.39. The van der Waals surface area contributed by atoms with Crippen molar-refractivity contribution < 1.29 is 19.1 Å². The predicted octanol–water partition coefficient (Wildman–Crippen LogP) is 3.18. The van der Waals surface area contributed by atoms with Gasteiger partial charge in [0.15, 0.2) is 0 Å². The zero-order chi connectivity index (χ0) is 27.2. The van der Waals surface area contributed by atoms with Crippen LogP contribution in [-0.4, -0.2) is 97.9 Å². The minimum absolute atomic E-state index is 0.144. The minimum atomic E-state index is 0.144. The lowest BCUT2D eigenvalue weighted by Crippen LogP contribution is -2.48. The van der Waals surface area contributed by atoms with Crippen LogP contribution in [0.5, 0.6) is 5.88 Å². The average Bonchev–Trinajstić information content (AvgIpc) is 3.26. The summed E-state index contributed by atoms with van der Waals surface area (Å²) in [5.74, 6) is 1.25. The van der Waals surface area contributed by atoms with Crippen molar-refractivity contribution in [1.29, 1.82) is 0 Å². The van der Waals surface area contributed by atoms with E-state index in [0.717, 1.165) is 53.2 Å². The molecule has 206 valence electrons. The molecule has 12 heteroatoms. The van der Waals surface area contributed by atoms with E-state index in [-0.39, 0.29) is 5.91 Å². The molecular formula is C26H37N7O4S. The Bertz CT molecular complexity index is 1260. The van der Waals surface area contributed by atoms with Gasteiger partial charge in [-0.3, -0.25) is 20.0 Å². The number of hydrogen-bond donors (Lipinski definition) is 1. The number of anilines is 2. The number of nitrogens with one attached hydrogen (secondary N) is 1. The van der Waals surface area contributed by atoms with E-state index in [4.69, 9.17) is 24.3 Å². The number of ether oxygens (including phenoxy) is 2. The molecule has 38 heavy (non-hydrogen) atoms. The zero-order valence-electron chi connectivity index (χ0n) is 23.0. The number of hydrogen-bond acceptors (Lipinski definition) is 11. The second kappa shape index (κ2) is 12.7. The Kier molecular flexibility index (Phi) is 9.31. The van der Waals surface area contributed by atoms with E-state index in [2.05, 4.69) is 27.2 Å². The Labute approximate surface area is 227 Å². The summed E-state index contributed by atoms with van der Waals surface area (Å²) in [6.45, 7) is 11.5. The third kappa shape index (κ3) is 5.83. The Morgan fingerprint density at radius 3 is 2.58 bits per heavy atom. The van der Waals surface area contributed by atoms with E-state index in [0.29, 0.717) is 43.8 Å². The van der Waals surface area contributed by atoms with E-state index in [1.807, 2.05) is 27.0 Å². The third-order valence-corrected chi connectivity index (χ3v) is 7.70. The summed E-state index contributed by atoms with van der Waals surface area (Å²) >= 11 is 1.67. The standard InChI is InChI=1S/C24H31N7O4S.C2H6/c1-15-17(13-30-6-5-29(2)19(32)14-30)21-22(36-15)20(26-24(27-21)31-7-9-35-10-8-31)16-11-18(28-34-4)23(33-3)25-12-16;1-2/h11-12,28H,5-10,13-14H2,1-4H3;1-2H3. The molecule has 5 heterocycles. The summed E-state index contributed by atoms with van der Waals surface area (Å²) in [7, 11) is 4.97. The number of fused-ring (bicyclic) bond motifs is 1. The fraction of sp³-hybridized carbons (Fsp3) is 0.538. The quantitative estimate of drug-likeness (QED) is 0.447. The highest BCUT2D eigenvalue weighted by molar-refractivity contribution is 7.19. The Hall–Kier alpha value is -3.06. The molecule has 5 rings (SSSR count). The van der Waals surface area contributed by atoms with Gasteiger partial charge in [0.1, 0.15) is 5.69 Å². The monoisotopic (exact) mass is 543 g/mol. The Balaban J connectivity index is 0.00000164. The van der Waals surface area contributed by atoms with Crippen LogP contribution in [0.3, 0.4) is 0 Å². The van der Waals surface area contributed by atoms with Crippen molar-refractivity contribution in [1.82, 2.24) is 24.8 Å². The molecule has 0 aliphatic carbocycles. The van der Waals surface area contributed by atoms with E-state index in [9.17, 15) is 4.79 Å².